The van der Waals surface area contributed by atoms with Crippen LogP contribution in [0.5, 0.6) is 0 Å². The second kappa shape index (κ2) is 6.84. The second-order valence-electron chi connectivity index (χ2n) is 7.76. The molecule has 2 saturated heterocycles. The van der Waals surface area contributed by atoms with E-state index in [2.05, 4.69) is 61.6 Å². The summed E-state index contributed by atoms with van der Waals surface area (Å²) in [4.78, 5) is 19.2. The van der Waals surface area contributed by atoms with Crippen molar-refractivity contribution in [3.63, 3.8) is 0 Å². The fraction of sp³-hybridized carbons (Fsp3) is 0.778. The molecule has 0 amide bonds. The van der Waals surface area contributed by atoms with Crippen molar-refractivity contribution >= 4 is 11.8 Å². The van der Waals surface area contributed by atoms with Crippen LogP contribution in [-0.4, -0.2) is 86.2 Å². The van der Waals surface area contributed by atoms with Crippen LogP contribution in [0.1, 0.15) is 24.1 Å². The maximum absolute atomic E-state index is 4.99. The van der Waals surface area contributed by atoms with Gasteiger partial charge in [0.2, 0.25) is 5.95 Å². The lowest BCUT2D eigenvalue weighted by molar-refractivity contribution is 0.315. The molecule has 0 spiro atoms. The molecule has 0 aromatic carbocycles. The summed E-state index contributed by atoms with van der Waals surface area (Å²) in [5.74, 6) is 2.04. The van der Waals surface area contributed by atoms with Gasteiger partial charge in [0.05, 0.1) is 0 Å². The van der Waals surface area contributed by atoms with Crippen LogP contribution in [0.2, 0.25) is 0 Å². The van der Waals surface area contributed by atoms with Crippen LogP contribution in [0.25, 0.3) is 0 Å². The highest BCUT2D eigenvalue weighted by Gasteiger charge is 2.29. The normalized spacial score (nSPS) is 24.7. The molecule has 2 unspecified atom stereocenters. The van der Waals surface area contributed by atoms with Gasteiger partial charge >= 0.3 is 0 Å². The van der Waals surface area contributed by atoms with Gasteiger partial charge < -0.3 is 19.6 Å². The molecule has 2 fully saturated rings. The Kier molecular flexibility index (Phi) is 4.97. The first kappa shape index (κ1) is 17.4. The van der Waals surface area contributed by atoms with Crippen molar-refractivity contribution in [1.82, 2.24) is 19.8 Å². The van der Waals surface area contributed by atoms with Crippen LogP contribution < -0.4 is 9.80 Å². The van der Waals surface area contributed by atoms with E-state index in [0.717, 1.165) is 43.6 Å². The summed E-state index contributed by atoms with van der Waals surface area (Å²) in [5.41, 5.74) is 2.33. The third kappa shape index (κ3) is 3.35. The molecule has 3 rings (SSSR count). The van der Waals surface area contributed by atoms with E-state index >= 15 is 0 Å². The maximum atomic E-state index is 4.99. The van der Waals surface area contributed by atoms with Crippen molar-refractivity contribution in [2.75, 3.05) is 64.2 Å². The topological polar surface area (TPSA) is 38.7 Å². The van der Waals surface area contributed by atoms with E-state index < -0.39 is 0 Å². The molecule has 24 heavy (non-hydrogen) atoms. The highest BCUT2D eigenvalue weighted by atomic mass is 15.3. The fourth-order valence-corrected chi connectivity index (χ4v) is 3.75. The molecular formula is C18H32N6. The number of hydrogen-bond donors (Lipinski definition) is 0. The predicted octanol–water partition coefficient (Wildman–Crippen LogP) is 1.37. The average Bonchev–Trinajstić information content (AvgIpc) is 3.18. The monoisotopic (exact) mass is 332 g/mol. The molecule has 0 bridgehead atoms. The van der Waals surface area contributed by atoms with Crippen molar-refractivity contribution in [2.45, 2.75) is 38.8 Å². The Balaban J connectivity index is 1.82. The Labute approximate surface area is 146 Å². The minimum absolute atomic E-state index is 0.601. The summed E-state index contributed by atoms with van der Waals surface area (Å²) in [5, 5.41) is 0. The van der Waals surface area contributed by atoms with Crippen LogP contribution in [-0.2, 0) is 0 Å². The summed E-state index contributed by atoms with van der Waals surface area (Å²) in [7, 11) is 8.66. The molecule has 2 aliphatic heterocycles. The summed E-state index contributed by atoms with van der Waals surface area (Å²) in [6, 6.07) is 1.22. The molecule has 3 heterocycles. The molecule has 0 radical (unpaired) electrons. The molecule has 1 aromatic rings. The SMILES string of the molecule is Cc1nc(N2CCC(N(C)C)C2)nc(N2CCC(N(C)C)C2)c1C. The van der Waals surface area contributed by atoms with E-state index in [0.29, 0.717) is 12.1 Å². The number of likely N-dealkylation sites (N-methyl/N-ethyl adjacent to an activating group) is 2. The van der Waals surface area contributed by atoms with Gasteiger partial charge in [0, 0.05) is 49.5 Å². The number of nitrogens with zero attached hydrogens (tertiary/aromatic N) is 6. The van der Waals surface area contributed by atoms with Crippen LogP contribution in [0.4, 0.5) is 11.8 Å². The Hall–Kier alpha value is -1.40. The first-order valence-electron chi connectivity index (χ1n) is 9.04. The van der Waals surface area contributed by atoms with Gasteiger partial charge in [-0.1, -0.05) is 0 Å². The standard InChI is InChI=1S/C18H32N6/c1-13-14(2)19-18(24-10-8-16(12-24)22(5)6)20-17(13)23-9-7-15(11-23)21(3)4/h15-16H,7-12H2,1-6H3. The number of aromatic nitrogens is 2. The molecule has 0 N–H and O–H groups in total. The van der Waals surface area contributed by atoms with Gasteiger partial charge in [-0.3, -0.25) is 0 Å². The first-order chi connectivity index (χ1) is 11.4. The zero-order valence-electron chi connectivity index (χ0n) is 16.1. The lowest BCUT2D eigenvalue weighted by atomic mass is 10.2. The summed E-state index contributed by atoms with van der Waals surface area (Å²) >= 11 is 0. The van der Waals surface area contributed by atoms with Gasteiger partial charge in [0.15, 0.2) is 0 Å². The summed E-state index contributed by atoms with van der Waals surface area (Å²) in [6.07, 6.45) is 2.39. The third-order valence-electron chi connectivity index (χ3n) is 5.72. The number of aryl methyl sites for hydroxylation is 1. The van der Waals surface area contributed by atoms with E-state index in [1.807, 2.05) is 0 Å². The maximum Gasteiger partial charge on any atom is 0.227 e. The highest BCUT2D eigenvalue weighted by Crippen LogP contribution is 2.28. The van der Waals surface area contributed by atoms with Gasteiger partial charge in [-0.25, -0.2) is 4.98 Å². The minimum atomic E-state index is 0.601. The quantitative estimate of drug-likeness (QED) is 0.829. The summed E-state index contributed by atoms with van der Waals surface area (Å²) < 4.78 is 0. The average molecular weight is 332 g/mol. The molecule has 0 aliphatic carbocycles. The Bertz CT molecular complexity index is 585. The molecule has 6 nitrogen and oxygen atoms in total. The highest BCUT2D eigenvalue weighted by molar-refractivity contribution is 5.53. The zero-order valence-corrected chi connectivity index (χ0v) is 16.1. The van der Waals surface area contributed by atoms with Crippen LogP contribution >= 0.6 is 0 Å². The second-order valence-corrected chi connectivity index (χ2v) is 7.76. The van der Waals surface area contributed by atoms with E-state index in [9.17, 15) is 0 Å². The van der Waals surface area contributed by atoms with Crippen LogP contribution in [0, 0.1) is 13.8 Å². The Morgan fingerprint density at radius 1 is 0.833 bits per heavy atom. The lowest BCUT2D eigenvalue weighted by Crippen LogP contribution is -2.33. The van der Waals surface area contributed by atoms with Crippen molar-refractivity contribution in [3.8, 4) is 0 Å². The van der Waals surface area contributed by atoms with Crippen LogP contribution in [0.15, 0.2) is 0 Å². The summed E-state index contributed by atoms with van der Waals surface area (Å²) in [6.45, 7) is 8.48. The Morgan fingerprint density at radius 2 is 1.38 bits per heavy atom. The molecule has 0 saturated carbocycles. The molecular weight excluding hydrogens is 300 g/mol. The van der Waals surface area contributed by atoms with Gasteiger partial charge in [-0.2, -0.15) is 4.98 Å². The molecule has 2 atom stereocenters. The molecule has 134 valence electrons. The lowest BCUT2D eigenvalue weighted by Gasteiger charge is -2.25. The molecule has 2 aliphatic rings. The van der Waals surface area contributed by atoms with Crippen molar-refractivity contribution in [1.29, 1.82) is 0 Å². The first-order valence-corrected chi connectivity index (χ1v) is 9.04. The van der Waals surface area contributed by atoms with Gasteiger partial charge in [0.25, 0.3) is 0 Å². The number of anilines is 2. The fourth-order valence-electron chi connectivity index (χ4n) is 3.75. The Morgan fingerprint density at radius 3 is 1.92 bits per heavy atom. The smallest absolute Gasteiger partial charge is 0.227 e. The van der Waals surface area contributed by atoms with Gasteiger partial charge in [-0.05, 0) is 54.9 Å². The van der Waals surface area contributed by atoms with Crippen molar-refractivity contribution in [3.05, 3.63) is 11.3 Å². The van der Waals surface area contributed by atoms with Gasteiger partial charge in [-0.15, -0.1) is 0 Å². The molecule has 1 aromatic heterocycles. The predicted molar refractivity (Wildman–Crippen MR) is 100 cm³/mol. The number of hydrogen-bond acceptors (Lipinski definition) is 6. The largest absolute Gasteiger partial charge is 0.355 e. The molecule has 6 heteroatoms. The zero-order chi connectivity index (χ0) is 17.4. The van der Waals surface area contributed by atoms with Crippen LogP contribution in [0.3, 0.4) is 0 Å². The van der Waals surface area contributed by atoms with E-state index in [1.54, 1.807) is 0 Å². The number of rotatable bonds is 4. The van der Waals surface area contributed by atoms with E-state index in [4.69, 9.17) is 9.97 Å². The van der Waals surface area contributed by atoms with E-state index in [-0.39, 0.29) is 0 Å². The van der Waals surface area contributed by atoms with Crippen molar-refractivity contribution < 1.29 is 0 Å². The minimum Gasteiger partial charge on any atom is -0.355 e. The van der Waals surface area contributed by atoms with Gasteiger partial charge in [0.1, 0.15) is 5.82 Å². The third-order valence-corrected chi connectivity index (χ3v) is 5.72. The van der Waals surface area contributed by atoms with Crippen molar-refractivity contribution in [2.24, 2.45) is 0 Å². The van der Waals surface area contributed by atoms with E-state index in [1.165, 1.54) is 18.4 Å².